The van der Waals surface area contributed by atoms with Gasteiger partial charge in [-0.1, -0.05) is 54.9 Å². The molecule has 312 valence electrons. The van der Waals surface area contributed by atoms with Crippen molar-refractivity contribution in [3.63, 3.8) is 0 Å². The summed E-state index contributed by atoms with van der Waals surface area (Å²) in [6, 6.07) is 3.60. The molecule has 0 aromatic heterocycles. The Balaban J connectivity index is 2.32. The highest BCUT2D eigenvalue weighted by atomic mass is 16.5. The summed E-state index contributed by atoms with van der Waals surface area (Å²) < 4.78 is 22.9. The summed E-state index contributed by atoms with van der Waals surface area (Å²) in [6.45, 7) is 15.3. The van der Waals surface area contributed by atoms with Gasteiger partial charge in [0.05, 0.1) is 61.9 Å². The number of rotatable bonds is 22. The smallest absolute Gasteiger partial charge is 0.245 e. The van der Waals surface area contributed by atoms with Crippen LogP contribution < -0.4 is 20.7 Å². The maximum atomic E-state index is 14.3. The topological polar surface area (TPSA) is 165 Å². The van der Waals surface area contributed by atoms with E-state index in [0.29, 0.717) is 24.2 Å². The van der Waals surface area contributed by atoms with E-state index in [1.165, 1.54) is 14.2 Å². The van der Waals surface area contributed by atoms with E-state index in [1.807, 2.05) is 41.5 Å². The lowest BCUT2D eigenvalue weighted by Gasteiger charge is -2.41. The minimum absolute atomic E-state index is 0.0162. The molecule has 10 atom stereocenters. The van der Waals surface area contributed by atoms with E-state index in [0.717, 1.165) is 0 Å². The molecule has 2 rings (SSSR count). The fourth-order valence-electron chi connectivity index (χ4n) is 7.62. The number of amides is 4. The molecule has 1 aromatic rings. The van der Waals surface area contributed by atoms with Crippen molar-refractivity contribution < 1.29 is 42.9 Å². The molecule has 1 aliphatic heterocycles. The Hall–Kier alpha value is -3.59. The van der Waals surface area contributed by atoms with Crippen LogP contribution in [0.2, 0.25) is 0 Å². The van der Waals surface area contributed by atoms with E-state index in [2.05, 4.69) is 16.0 Å². The Morgan fingerprint density at radius 1 is 0.855 bits per heavy atom. The Bertz CT molecular complexity index is 1410. The molecule has 1 aliphatic rings. The lowest BCUT2D eigenvalue weighted by atomic mass is 9.89. The standard InChI is InChI=1S/C41H69N5O9/c1-15-25(6)36(45(10)41(51)35(24(4)5)44-40(50)34(42-9)23(2)3)32(54-13)21-33(47)46-22-30(53-12)20-31(46)38(55-14)26(7)39(49)43-27(8)37(48)28-16-18-29(52-11)19-17-28/h16-19,23-27,30-32,34-36,38,42H,15,20-22H2,1-14H3,(H,43,49)(H,44,50)/t25-,26+,27+,30+,31+,32-,34-,35-,36-,38+/m0/s1. The van der Waals surface area contributed by atoms with Crippen molar-refractivity contribution >= 4 is 29.4 Å². The summed E-state index contributed by atoms with van der Waals surface area (Å²) in [5.41, 5.74) is 0.439. The minimum Gasteiger partial charge on any atom is -0.497 e. The molecule has 1 saturated heterocycles. The van der Waals surface area contributed by atoms with Crippen LogP contribution >= 0.6 is 0 Å². The van der Waals surface area contributed by atoms with Crippen LogP contribution in [0.4, 0.5) is 0 Å². The number of hydrogen-bond acceptors (Lipinski definition) is 10. The Morgan fingerprint density at radius 3 is 1.93 bits per heavy atom. The van der Waals surface area contributed by atoms with Crippen molar-refractivity contribution in [2.24, 2.45) is 23.7 Å². The molecule has 55 heavy (non-hydrogen) atoms. The molecule has 0 radical (unpaired) electrons. The highest BCUT2D eigenvalue weighted by molar-refractivity contribution is 6.02. The predicted molar refractivity (Wildman–Crippen MR) is 212 cm³/mol. The third kappa shape index (κ3) is 12.2. The average Bonchev–Trinajstić information content (AvgIpc) is 3.60. The number of nitrogens with zero attached hydrogens (tertiary/aromatic N) is 2. The van der Waals surface area contributed by atoms with E-state index in [4.69, 9.17) is 18.9 Å². The first-order chi connectivity index (χ1) is 25.9. The molecule has 0 unspecified atom stereocenters. The van der Waals surface area contributed by atoms with E-state index in [9.17, 15) is 24.0 Å². The van der Waals surface area contributed by atoms with Gasteiger partial charge in [0.1, 0.15) is 11.8 Å². The molecule has 0 aliphatic carbocycles. The predicted octanol–water partition coefficient (Wildman–Crippen LogP) is 3.31. The van der Waals surface area contributed by atoms with Crippen LogP contribution in [-0.2, 0) is 33.4 Å². The molecule has 1 aromatic carbocycles. The molecule has 0 bridgehead atoms. The van der Waals surface area contributed by atoms with Crippen LogP contribution in [-0.4, -0.2) is 137 Å². The van der Waals surface area contributed by atoms with Gasteiger partial charge in [0.25, 0.3) is 0 Å². The highest BCUT2D eigenvalue weighted by Gasteiger charge is 2.46. The molecule has 1 fully saturated rings. The van der Waals surface area contributed by atoms with Crippen LogP contribution in [0, 0.1) is 23.7 Å². The minimum atomic E-state index is -0.808. The second kappa shape index (κ2) is 22.2. The SMILES string of the molecule is CC[C@H](C)[C@@H]([C@H](CC(=O)N1C[C@H](OC)C[C@@H]1[C@H](OC)[C@@H](C)C(=O)N[C@H](C)C(=O)c1ccc(OC)cc1)OC)N(C)C(=O)[C@@H](NC(=O)[C@@H](NC)C(C)C)C(C)C. The first-order valence-electron chi connectivity index (χ1n) is 19.5. The second-order valence-electron chi connectivity index (χ2n) is 15.6. The maximum absolute atomic E-state index is 14.3. The van der Waals surface area contributed by atoms with Crippen molar-refractivity contribution in [2.75, 3.05) is 49.1 Å². The maximum Gasteiger partial charge on any atom is 0.245 e. The largest absolute Gasteiger partial charge is 0.497 e. The van der Waals surface area contributed by atoms with Gasteiger partial charge in [-0.05, 0) is 62.4 Å². The van der Waals surface area contributed by atoms with Gasteiger partial charge in [0, 0.05) is 40.5 Å². The lowest BCUT2D eigenvalue weighted by Crippen LogP contribution is -2.59. The summed E-state index contributed by atoms with van der Waals surface area (Å²) >= 11 is 0. The van der Waals surface area contributed by atoms with Crippen LogP contribution in [0.25, 0.3) is 0 Å². The number of Topliss-reactive ketones (excluding diaryl/α,β-unsaturated/α-hetero) is 1. The van der Waals surface area contributed by atoms with Gasteiger partial charge >= 0.3 is 0 Å². The fourth-order valence-corrected chi connectivity index (χ4v) is 7.62. The summed E-state index contributed by atoms with van der Waals surface area (Å²) in [6.07, 6.45) is -0.603. The second-order valence-corrected chi connectivity index (χ2v) is 15.6. The molecule has 14 heteroatoms. The lowest BCUT2D eigenvalue weighted by molar-refractivity contribution is -0.148. The van der Waals surface area contributed by atoms with E-state index in [1.54, 1.807) is 76.2 Å². The molecule has 14 nitrogen and oxygen atoms in total. The zero-order valence-electron chi connectivity index (χ0n) is 35.6. The molecule has 3 N–H and O–H groups in total. The van der Waals surface area contributed by atoms with Gasteiger partial charge < -0.3 is 44.7 Å². The van der Waals surface area contributed by atoms with Crippen molar-refractivity contribution in [2.45, 2.75) is 123 Å². The number of methoxy groups -OCH3 is 4. The zero-order valence-corrected chi connectivity index (χ0v) is 35.6. The number of likely N-dealkylation sites (tertiary alicyclic amines) is 1. The first kappa shape index (κ1) is 47.6. The van der Waals surface area contributed by atoms with Gasteiger partial charge in [0.2, 0.25) is 23.6 Å². The highest BCUT2D eigenvalue weighted by Crippen LogP contribution is 2.31. The average molecular weight is 776 g/mol. The van der Waals surface area contributed by atoms with Gasteiger partial charge in [0.15, 0.2) is 5.78 Å². The summed E-state index contributed by atoms with van der Waals surface area (Å²) in [5, 5.41) is 8.85. The third-order valence-corrected chi connectivity index (χ3v) is 11.2. The van der Waals surface area contributed by atoms with E-state index >= 15 is 0 Å². The number of nitrogens with one attached hydrogen (secondary N) is 3. The van der Waals surface area contributed by atoms with E-state index in [-0.39, 0.29) is 66.2 Å². The first-order valence-corrected chi connectivity index (χ1v) is 19.5. The monoisotopic (exact) mass is 776 g/mol. The van der Waals surface area contributed by atoms with Crippen LogP contribution in [0.1, 0.15) is 85.0 Å². The number of carbonyl (C=O) groups is 5. The number of ketones is 1. The van der Waals surface area contributed by atoms with E-state index < -0.39 is 48.3 Å². The Morgan fingerprint density at radius 2 is 1.45 bits per heavy atom. The number of benzene rings is 1. The fraction of sp³-hybridized carbons (Fsp3) is 0.732. The zero-order chi connectivity index (χ0) is 41.7. The molecule has 4 amide bonds. The van der Waals surface area contributed by atoms with Crippen molar-refractivity contribution in [1.82, 2.24) is 25.8 Å². The molecular formula is C41H69N5O9. The van der Waals surface area contributed by atoms with Gasteiger partial charge in [-0.25, -0.2) is 0 Å². The number of likely N-dealkylation sites (N-methyl/N-ethyl adjacent to an activating group) is 2. The molecular weight excluding hydrogens is 706 g/mol. The van der Waals surface area contributed by atoms with Crippen LogP contribution in [0.5, 0.6) is 5.75 Å². The summed E-state index contributed by atoms with van der Waals surface area (Å²) in [4.78, 5) is 71.8. The molecule has 0 spiro atoms. The quantitative estimate of drug-likeness (QED) is 0.149. The molecule has 0 saturated carbocycles. The van der Waals surface area contributed by atoms with Crippen molar-refractivity contribution in [3.8, 4) is 5.75 Å². The number of carbonyl (C=O) groups excluding carboxylic acids is 5. The summed E-state index contributed by atoms with van der Waals surface area (Å²) in [5.74, 6) is -1.74. The Labute approximate surface area is 329 Å². The van der Waals surface area contributed by atoms with Crippen LogP contribution in [0.15, 0.2) is 24.3 Å². The number of ether oxygens (including phenoxy) is 4. The number of hydrogen-bond donors (Lipinski definition) is 3. The van der Waals surface area contributed by atoms with Crippen molar-refractivity contribution in [3.05, 3.63) is 29.8 Å². The van der Waals surface area contributed by atoms with Crippen LogP contribution in [0.3, 0.4) is 0 Å². The van der Waals surface area contributed by atoms with Gasteiger partial charge in [-0.3, -0.25) is 24.0 Å². The molecule has 1 heterocycles. The normalized spacial score (nSPS) is 20.2. The van der Waals surface area contributed by atoms with Gasteiger partial charge in [-0.2, -0.15) is 0 Å². The summed E-state index contributed by atoms with van der Waals surface area (Å²) in [7, 11) is 9.59. The van der Waals surface area contributed by atoms with Gasteiger partial charge in [-0.15, -0.1) is 0 Å². The van der Waals surface area contributed by atoms with Crippen molar-refractivity contribution in [1.29, 1.82) is 0 Å². The third-order valence-electron chi connectivity index (χ3n) is 11.2. The Kier molecular flexibility index (Phi) is 19.2.